The van der Waals surface area contributed by atoms with Crippen LogP contribution in [0.1, 0.15) is 27.2 Å². The molecule has 0 radical (unpaired) electrons. The van der Waals surface area contributed by atoms with E-state index >= 15 is 0 Å². The van der Waals surface area contributed by atoms with E-state index in [1.165, 1.54) is 0 Å². The van der Waals surface area contributed by atoms with Gasteiger partial charge >= 0.3 is 0 Å². The molecule has 2 heteroatoms. The van der Waals surface area contributed by atoms with Gasteiger partial charge in [-0.15, -0.1) is 0 Å². The molecule has 2 N–H and O–H groups in total. The van der Waals surface area contributed by atoms with Crippen molar-refractivity contribution in [1.29, 1.82) is 0 Å². The number of aliphatic hydroxyl groups is 2. The Labute approximate surface area is 68.6 Å². The quantitative estimate of drug-likeness (QED) is 0.615. The van der Waals surface area contributed by atoms with Gasteiger partial charge in [0.2, 0.25) is 0 Å². The molecule has 0 aliphatic rings. The van der Waals surface area contributed by atoms with E-state index in [1.54, 1.807) is 0 Å². The Morgan fingerprint density at radius 1 is 1.36 bits per heavy atom. The molecule has 66 valence electrons. The summed E-state index contributed by atoms with van der Waals surface area (Å²) in [5.74, 6) is 0.924. The highest BCUT2D eigenvalue weighted by Crippen LogP contribution is 2.10. The first kappa shape index (κ1) is 10.5. The van der Waals surface area contributed by atoms with Gasteiger partial charge in [-0.2, -0.15) is 0 Å². The molecule has 0 bridgehead atoms. The van der Waals surface area contributed by atoms with Crippen molar-refractivity contribution in [2.75, 3.05) is 6.61 Å². The van der Waals surface area contributed by atoms with Crippen molar-refractivity contribution in [1.82, 2.24) is 0 Å². The highest BCUT2D eigenvalue weighted by atomic mass is 16.3. The van der Waals surface area contributed by atoms with E-state index in [4.69, 9.17) is 5.11 Å². The molecule has 2 nitrogen and oxygen atoms in total. The Morgan fingerprint density at radius 3 is 2.27 bits per heavy atom. The molecule has 0 aromatic heterocycles. The molecule has 0 saturated carbocycles. The zero-order valence-electron chi connectivity index (χ0n) is 7.54. The lowest BCUT2D eigenvalue weighted by atomic mass is 10.1. The Kier molecular flexibility index (Phi) is 4.95. The number of aliphatic hydroxyl groups excluding tert-OH is 2. The summed E-state index contributed by atoms with van der Waals surface area (Å²) >= 11 is 0. The van der Waals surface area contributed by atoms with Crippen LogP contribution >= 0.6 is 0 Å². The number of hydrogen-bond acceptors (Lipinski definition) is 2. The van der Waals surface area contributed by atoms with Gasteiger partial charge in [-0.25, -0.2) is 0 Å². The van der Waals surface area contributed by atoms with Gasteiger partial charge in [0.1, 0.15) is 0 Å². The van der Waals surface area contributed by atoms with Gasteiger partial charge in [0, 0.05) is 13.0 Å². The third kappa shape index (κ3) is 5.92. The highest BCUT2D eigenvalue weighted by molar-refractivity contribution is 4.93. The molecule has 1 unspecified atom stereocenters. The molecule has 0 aromatic rings. The number of allylic oxidation sites excluding steroid dienone is 2. The lowest BCUT2D eigenvalue weighted by molar-refractivity contribution is 0.221. The normalized spacial score (nSPS) is 15.5. The van der Waals surface area contributed by atoms with E-state index < -0.39 is 0 Å². The van der Waals surface area contributed by atoms with Crippen LogP contribution in [0.5, 0.6) is 0 Å². The van der Waals surface area contributed by atoms with E-state index in [0.29, 0.717) is 18.1 Å². The third-order valence-electron chi connectivity index (χ3n) is 1.39. The van der Waals surface area contributed by atoms with Crippen LogP contribution in [0.25, 0.3) is 0 Å². The van der Waals surface area contributed by atoms with Gasteiger partial charge in [-0.1, -0.05) is 20.8 Å². The molecular weight excluding hydrogens is 140 g/mol. The summed E-state index contributed by atoms with van der Waals surface area (Å²) in [7, 11) is 0. The van der Waals surface area contributed by atoms with Crippen LogP contribution in [0.15, 0.2) is 11.8 Å². The van der Waals surface area contributed by atoms with Gasteiger partial charge in [-0.05, 0) is 17.9 Å². The highest BCUT2D eigenvalue weighted by Gasteiger charge is 2.02. The van der Waals surface area contributed by atoms with Crippen LogP contribution < -0.4 is 0 Å². The van der Waals surface area contributed by atoms with Gasteiger partial charge in [0.15, 0.2) is 0 Å². The number of rotatable bonds is 4. The molecule has 0 saturated heterocycles. The molecule has 0 rings (SSSR count). The molecule has 11 heavy (non-hydrogen) atoms. The van der Waals surface area contributed by atoms with Crippen LogP contribution in [-0.4, -0.2) is 16.8 Å². The van der Waals surface area contributed by atoms with Crippen molar-refractivity contribution in [3.05, 3.63) is 11.8 Å². The summed E-state index contributed by atoms with van der Waals surface area (Å²) in [4.78, 5) is 0. The van der Waals surface area contributed by atoms with E-state index in [-0.39, 0.29) is 12.5 Å². The van der Waals surface area contributed by atoms with Gasteiger partial charge in [0.25, 0.3) is 0 Å². The lowest BCUT2D eigenvalue weighted by Crippen LogP contribution is -2.02. The largest absolute Gasteiger partial charge is 0.513 e. The summed E-state index contributed by atoms with van der Waals surface area (Å²) in [6.07, 6.45) is 2.39. The molecule has 0 aliphatic carbocycles. The van der Waals surface area contributed by atoms with Gasteiger partial charge in [0.05, 0.1) is 5.76 Å². The Bertz CT molecular complexity index is 128. The zero-order valence-corrected chi connectivity index (χ0v) is 7.54. The topological polar surface area (TPSA) is 40.5 Å². The Morgan fingerprint density at radius 2 is 1.91 bits per heavy atom. The van der Waals surface area contributed by atoms with Gasteiger partial charge in [-0.3, -0.25) is 0 Å². The molecule has 0 spiro atoms. The lowest BCUT2D eigenvalue weighted by Gasteiger charge is -2.07. The smallest absolute Gasteiger partial charge is 0.0889 e. The van der Waals surface area contributed by atoms with Crippen molar-refractivity contribution in [3.63, 3.8) is 0 Å². The summed E-state index contributed by atoms with van der Waals surface area (Å²) < 4.78 is 0. The fourth-order valence-electron chi connectivity index (χ4n) is 0.874. The molecule has 0 amide bonds. The van der Waals surface area contributed by atoms with Gasteiger partial charge < -0.3 is 10.2 Å². The second-order valence-corrected chi connectivity index (χ2v) is 3.39. The van der Waals surface area contributed by atoms with Crippen LogP contribution in [-0.2, 0) is 0 Å². The SMILES string of the molecule is CC(C)C=C(O)CC(C)CO. The maximum atomic E-state index is 9.27. The average Bonchev–Trinajstić information content (AvgIpc) is 1.85. The van der Waals surface area contributed by atoms with Crippen LogP contribution in [0.2, 0.25) is 0 Å². The van der Waals surface area contributed by atoms with Crippen molar-refractivity contribution >= 4 is 0 Å². The summed E-state index contributed by atoms with van der Waals surface area (Å²) in [5, 5.41) is 18.0. The Balaban J connectivity index is 3.76. The van der Waals surface area contributed by atoms with E-state index in [9.17, 15) is 5.11 Å². The Hall–Kier alpha value is -0.500. The predicted molar refractivity (Wildman–Crippen MR) is 46.4 cm³/mol. The molecule has 1 atom stereocenters. The van der Waals surface area contributed by atoms with Crippen molar-refractivity contribution in [3.8, 4) is 0 Å². The van der Waals surface area contributed by atoms with Crippen LogP contribution in [0.3, 0.4) is 0 Å². The van der Waals surface area contributed by atoms with Crippen LogP contribution in [0, 0.1) is 11.8 Å². The van der Waals surface area contributed by atoms with Crippen molar-refractivity contribution < 1.29 is 10.2 Å². The molecule has 0 heterocycles. The van der Waals surface area contributed by atoms with E-state index in [0.717, 1.165) is 0 Å². The molecule has 0 aliphatic heterocycles. The summed E-state index contributed by atoms with van der Waals surface area (Å²) in [6.45, 7) is 6.07. The van der Waals surface area contributed by atoms with E-state index in [2.05, 4.69) is 0 Å². The fraction of sp³-hybridized carbons (Fsp3) is 0.778. The standard InChI is InChI=1S/C9H18O2/c1-7(2)4-9(11)5-8(3)6-10/h4,7-8,10-11H,5-6H2,1-3H3. The minimum Gasteiger partial charge on any atom is -0.513 e. The maximum absolute atomic E-state index is 9.27. The number of hydrogen-bond donors (Lipinski definition) is 2. The summed E-state index contributed by atoms with van der Waals surface area (Å²) in [6, 6.07) is 0. The first-order valence-electron chi connectivity index (χ1n) is 4.06. The monoisotopic (exact) mass is 158 g/mol. The maximum Gasteiger partial charge on any atom is 0.0889 e. The predicted octanol–water partition coefficient (Wildman–Crippen LogP) is 2.10. The summed E-state index contributed by atoms with van der Waals surface area (Å²) in [5.41, 5.74) is 0. The molecule has 0 aromatic carbocycles. The third-order valence-corrected chi connectivity index (χ3v) is 1.39. The first-order valence-corrected chi connectivity index (χ1v) is 4.06. The zero-order chi connectivity index (χ0) is 8.85. The minimum atomic E-state index is 0.135. The second-order valence-electron chi connectivity index (χ2n) is 3.39. The first-order chi connectivity index (χ1) is 5.06. The average molecular weight is 158 g/mol. The van der Waals surface area contributed by atoms with E-state index in [1.807, 2.05) is 26.8 Å². The molecule has 0 fully saturated rings. The van der Waals surface area contributed by atoms with Crippen molar-refractivity contribution in [2.24, 2.45) is 11.8 Å². The minimum absolute atomic E-state index is 0.135. The van der Waals surface area contributed by atoms with Crippen molar-refractivity contribution in [2.45, 2.75) is 27.2 Å². The fourth-order valence-corrected chi connectivity index (χ4v) is 0.874. The van der Waals surface area contributed by atoms with Crippen LogP contribution in [0.4, 0.5) is 0 Å². The second kappa shape index (κ2) is 5.19. The molecular formula is C9H18O2.